The minimum absolute atomic E-state index is 0.151. The molecule has 0 aromatic heterocycles. The molecule has 26 heavy (non-hydrogen) atoms. The van der Waals surface area contributed by atoms with Crippen LogP contribution in [-0.4, -0.2) is 37.9 Å². The Morgan fingerprint density at radius 3 is 2.62 bits per heavy atom. The van der Waals surface area contributed by atoms with Gasteiger partial charge in [-0.25, -0.2) is 9.18 Å². The van der Waals surface area contributed by atoms with E-state index in [1.54, 1.807) is 49.6 Å². The third-order valence-electron chi connectivity index (χ3n) is 3.41. The lowest BCUT2D eigenvalue weighted by atomic mass is 10.2. The van der Waals surface area contributed by atoms with Gasteiger partial charge in [-0.1, -0.05) is 30.3 Å². The molecule has 1 amide bonds. The highest BCUT2D eigenvalue weighted by Crippen LogP contribution is 2.23. The Morgan fingerprint density at radius 2 is 1.85 bits per heavy atom. The van der Waals surface area contributed by atoms with Crippen molar-refractivity contribution in [3.8, 4) is 0 Å². The van der Waals surface area contributed by atoms with Crippen LogP contribution in [0.1, 0.15) is 15.9 Å². The SMILES string of the molecule is COCCNC(=O)CSc1ccccc1C(=O)OCc1ccccc1F. The number of rotatable bonds is 9. The molecule has 0 aliphatic carbocycles. The van der Waals surface area contributed by atoms with E-state index in [4.69, 9.17) is 9.47 Å². The van der Waals surface area contributed by atoms with Crippen LogP contribution in [0.5, 0.6) is 0 Å². The molecular weight excluding hydrogens is 357 g/mol. The van der Waals surface area contributed by atoms with Gasteiger partial charge in [-0.2, -0.15) is 0 Å². The van der Waals surface area contributed by atoms with Crippen molar-refractivity contribution >= 4 is 23.6 Å². The van der Waals surface area contributed by atoms with Crippen molar-refractivity contribution in [2.45, 2.75) is 11.5 Å². The van der Waals surface area contributed by atoms with E-state index in [1.807, 2.05) is 0 Å². The molecule has 0 unspecified atom stereocenters. The van der Waals surface area contributed by atoms with Gasteiger partial charge in [0, 0.05) is 24.1 Å². The van der Waals surface area contributed by atoms with Crippen molar-refractivity contribution in [3.63, 3.8) is 0 Å². The number of methoxy groups -OCH3 is 1. The number of amides is 1. The van der Waals surface area contributed by atoms with Crippen LogP contribution in [0.15, 0.2) is 53.4 Å². The lowest BCUT2D eigenvalue weighted by Gasteiger charge is -2.10. The monoisotopic (exact) mass is 377 g/mol. The number of nitrogens with one attached hydrogen (secondary N) is 1. The van der Waals surface area contributed by atoms with Gasteiger partial charge < -0.3 is 14.8 Å². The number of hydrogen-bond donors (Lipinski definition) is 1. The van der Waals surface area contributed by atoms with Crippen molar-refractivity contribution in [2.75, 3.05) is 26.0 Å². The number of hydrogen-bond acceptors (Lipinski definition) is 5. The smallest absolute Gasteiger partial charge is 0.339 e. The van der Waals surface area contributed by atoms with Gasteiger partial charge in [0.2, 0.25) is 5.91 Å². The van der Waals surface area contributed by atoms with Crippen LogP contribution in [0.2, 0.25) is 0 Å². The number of thioether (sulfide) groups is 1. The van der Waals surface area contributed by atoms with Crippen LogP contribution in [0, 0.1) is 5.82 Å². The van der Waals surface area contributed by atoms with Crippen LogP contribution in [-0.2, 0) is 20.9 Å². The van der Waals surface area contributed by atoms with Crippen molar-refractivity contribution in [2.24, 2.45) is 0 Å². The average molecular weight is 377 g/mol. The Morgan fingerprint density at radius 1 is 1.12 bits per heavy atom. The fourth-order valence-electron chi connectivity index (χ4n) is 2.08. The molecule has 0 aliphatic heterocycles. The number of carbonyl (C=O) groups is 2. The zero-order chi connectivity index (χ0) is 18.8. The zero-order valence-electron chi connectivity index (χ0n) is 14.4. The molecule has 2 rings (SSSR count). The van der Waals surface area contributed by atoms with E-state index in [0.29, 0.717) is 29.2 Å². The van der Waals surface area contributed by atoms with E-state index in [0.717, 1.165) is 0 Å². The summed E-state index contributed by atoms with van der Waals surface area (Å²) in [5.74, 6) is -0.963. The molecule has 0 saturated carbocycles. The van der Waals surface area contributed by atoms with Crippen LogP contribution in [0.3, 0.4) is 0 Å². The minimum Gasteiger partial charge on any atom is -0.457 e. The second-order valence-corrected chi connectivity index (χ2v) is 6.31. The average Bonchev–Trinajstić information content (AvgIpc) is 2.66. The van der Waals surface area contributed by atoms with Gasteiger partial charge in [-0.3, -0.25) is 4.79 Å². The highest BCUT2D eigenvalue weighted by atomic mass is 32.2. The summed E-state index contributed by atoms with van der Waals surface area (Å²) >= 11 is 1.24. The normalized spacial score (nSPS) is 10.4. The maximum atomic E-state index is 13.6. The van der Waals surface area contributed by atoms with Gasteiger partial charge in [0.15, 0.2) is 0 Å². The van der Waals surface area contributed by atoms with Crippen LogP contribution < -0.4 is 5.32 Å². The highest BCUT2D eigenvalue weighted by Gasteiger charge is 2.15. The summed E-state index contributed by atoms with van der Waals surface area (Å²) in [5, 5.41) is 2.71. The molecule has 7 heteroatoms. The topological polar surface area (TPSA) is 64.6 Å². The first-order chi connectivity index (χ1) is 12.6. The van der Waals surface area contributed by atoms with Crippen molar-refractivity contribution < 1.29 is 23.5 Å². The van der Waals surface area contributed by atoms with Crippen LogP contribution >= 0.6 is 11.8 Å². The molecule has 1 N–H and O–H groups in total. The van der Waals surface area contributed by atoms with Gasteiger partial charge in [-0.05, 0) is 18.2 Å². The summed E-state index contributed by atoms with van der Waals surface area (Å²) in [7, 11) is 1.56. The maximum Gasteiger partial charge on any atom is 0.339 e. The summed E-state index contributed by atoms with van der Waals surface area (Å²) in [6, 6.07) is 13.0. The zero-order valence-corrected chi connectivity index (χ0v) is 15.2. The minimum atomic E-state index is -0.559. The lowest BCUT2D eigenvalue weighted by Crippen LogP contribution is -2.28. The third kappa shape index (κ3) is 6.16. The van der Waals surface area contributed by atoms with Crippen molar-refractivity contribution in [3.05, 3.63) is 65.5 Å². The summed E-state index contributed by atoms with van der Waals surface area (Å²) in [6.45, 7) is 0.722. The number of benzene rings is 2. The van der Waals surface area contributed by atoms with E-state index in [9.17, 15) is 14.0 Å². The largest absolute Gasteiger partial charge is 0.457 e. The van der Waals surface area contributed by atoms with E-state index >= 15 is 0 Å². The molecule has 0 aliphatic rings. The fraction of sp³-hybridized carbons (Fsp3) is 0.263. The maximum absolute atomic E-state index is 13.6. The quantitative estimate of drug-likeness (QED) is 0.413. The highest BCUT2D eigenvalue weighted by molar-refractivity contribution is 8.00. The lowest BCUT2D eigenvalue weighted by molar-refractivity contribution is -0.118. The van der Waals surface area contributed by atoms with Gasteiger partial charge >= 0.3 is 5.97 Å². The first-order valence-corrected chi connectivity index (χ1v) is 8.98. The Hall–Kier alpha value is -2.38. The van der Waals surface area contributed by atoms with E-state index in [-0.39, 0.29) is 18.3 Å². The molecule has 0 heterocycles. The molecule has 0 spiro atoms. The Kier molecular flexibility index (Phi) is 8.11. The molecule has 0 saturated heterocycles. The third-order valence-corrected chi connectivity index (χ3v) is 4.48. The Balaban J connectivity index is 1.93. The number of halogens is 1. The van der Waals surface area contributed by atoms with Crippen molar-refractivity contribution in [1.29, 1.82) is 0 Å². The summed E-state index contributed by atoms with van der Waals surface area (Å²) in [4.78, 5) is 24.7. The molecule has 0 atom stereocenters. The van der Waals surface area contributed by atoms with E-state index in [1.165, 1.54) is 17.8 Å². The van der Waals surface area contributed by atoms with Gasteiger partial charge in [0.25, 0.3) is 0 Å². The summed E-state index contributed by atoms with van der Waals surface area (Å²) in [6.07, 6.45) is 0. The van der Waals surface area contributed by atoms with E-state index < -0.39 is 11.8 Å². The Labute approximate surface area is 155 Å². The number of carbonyl (C=O) groups excluding carboxylic acids is 2. The van der Waals surface area contributed by atoms with E-state index in [2.05, 4.69) is 5.32 Å². The standard InChI is InChI=1S/C19H20FNO4S/c1-24-11-10-21-18(22)13-26-17-9-5-3-7-15(17)19(23)25-12-14-6-2-4-8-16(14)20/h2-9H,10-13H2,1H3,(H,21,22). The molecular formula is C19H20FNO4S. The van der Waals surface area contributed by atoms with Crippen LogP contribution in [0.25, 0.3) is 0 Å². The number of ether oxygens (including phenoxy) is 2. The second-order valence-electron chi connectivity index (χ2n) is 5.30. The fourth-order valence-corrected chi connectivity index (χ4v) is 2.95. The molecule has 2 aromatic rings. The molecule has 2 aromatic carbocycles. The van der Waals surface area contributed by atoms with Gasteiger partial charge in [0.1, 0.15) is 12.4 Å². The van der Waals surface area contributed by atoms with Gasteiger partial charge in [0.05, 0.1) is 17.9 Å². The summed E-state index contributed by atoms with van der Waals surface area (Å²) in [5.41, 5.74) is 0.655. The first-order valence-electron chi connectivity index (χ1n) is 8.00. The first kappa shape index (κ1) is 19.9. The second kappa shape index (κ2) is 10.6. The molecule has 5 nitrogen and oxygen atoms in total. The number of esters is 1. The predicted molar refractivity (Wildman–Crippen MR) is 97.6 cm³/mol. The Bertz CT molecular complexity index is 754. The molecule has 0 fully saturated rings. The predicted octanol–water partition coefficient (Wildman–Crippen LogP) is 3.04. The van der Waals surface area contributed by atoms with Crippen molar-refractivity contribution in [1.82, 2.24) is 5.32 Å². The van der Waals surface area contributed by atoms with Gasteiger partial charge in [-0.15, -0.1) is 11.8 Å². The molecule has 0 radical (unpaired) electrons. The molecule has 138 valence electrons. The summed E-state index contributed by atoms with van der Waals surface area (Å²) < 4.78 is 23.7. The molecule has 0 bridgehead atoms. The van der Waals surface area contributed by atoms with Crippen LogP contribution in [0.4, 0.5) is 4.39 Å².